The molecule has 0 heterocycles. The lowest BCUT2D eigenvalue weighted by Gasteiger charge is -2.25. The van der Waals surface area contributed by atoms with E-state index in [1.165, 1.54) is 44.3 Å². The Labute approximate surface area is 117 Å². The van der Waals surface area contributed by atoms with Crippen LogP contribution in [0.1, 0.15) is 31.2 Å². The first kappa shape index (κ1) is 13.1. The van der Waals surface area contributed by atoms with Crippen molar-refractivity contribution in [3.8, 4) is 0 Å². The normalized spacial score (nSPS) is 20.7. The Morgan fingerprint density at radius 3 is 2.11 bits per heavy atom. The SMILES string of the molecule is NC(Cc1ccccc1)CN(CC1CC1)CC1CC1. The molecule has 3 rings (SSSR count). The van der Waals surface area contributed by atoms with Crippen LogP contribution in [0.15, 0.2) is 30.3 Å². The van der Waals surface area contributed by atoms with Crippen LogP contribution < -0.4 is 5.73 Å². The fraction of sp³-hybridized carbons (Fsp3) is 0.647. The van der Waals surface area contributed by atoms with Gasteiger partial charge < -0.3 is 10.6 Å². The van der Waals surface area contributed by atoms with Gasteiger partial charge in [0.1, 0.15) is 0 Å². The summed E-state index contributed by atoms with van der Waals surface area (Å²) in [6.07, 6.45) is 6.76. The fourth-order valence-corrected chi connectivity index (χ4v) is 2.87. The summed E-state index contributed by atoms with van der Waals surface area (Å²) in [4.78, 5) is 2.64. The maximum atomic E-state index is 6.36. The second-order valence-corrected chi connectivity index (χ2v) is 6.56. The van der Waals surface area contributed by atoms with Crippen LogP contribution in [-0.4, -0.2) is 30.6 Å². The molecule has 0 aromatic heterocycles. The molecule has 1 aromatic carbocycles. The summed E-state index contributed by atoms with van der Waals surface area (Å²) in [5, 5.41) is 0. The third kappa shape index (κ3) is 4.63. The topological polar surface area (TPSA) is 29.3 Å². The molecule has 2 fully saturated rings. The predicted octanol–water partition coefficient (Wildman–Crippen LogP) is 2.68. The first-order valence-corrected chi connectivity index (χ1v) is 7.81. The third-order valence-corrected chi connectivity index (χ3v) is 4.26. The van der Waals surface area contributed by atoms with Crippen molar-refractivity contribution in [1.82, 2.24) is 4.90 Å². The Bertz CT molecular complexity index is 368. The van der Waals surface area contributed by atoms with E-state index < -0.39 is 0 Å². The number of nitrogens with zero attached hydrogens (tertiary/aromatic N) is 1. The molecule has 1 unspecified atom stereocenters. The Balaban J connectivity index is 1.48. The molecule has 2 N–H and O–H groups in total. The summed E-state index contributed by atoms with van der Waals surface area (Å²) in [5.41, 5.74) is 7.73. The summed E-state index contributed by atoms with van der Waals surface area (Å²) in [7, 11) is 0. The average Bonchev–Trinajstić information content (AvgIpc) is 3.26. The number of hydrogen-bond acceptors (Lipinski definition) is 2. The molecular weight excluding hydrogens is 232 g/mol. The zero-order valence-electron chi connectivity index (χ0n) is 11.8. The van der Waals surface area contributed by atoms with Gasteiger partial charge in [0.15, 0.2) is 0 Å². The van der Waals surface area contributed by atoms with Gasteiger partial charge in [-0.25, -0.2) is 0 Å². The van der Waals surface area contributed by atoms with Gasteiger partial charge in [-0.05, 0) is 49.5 Å². The molecule has 0 amide bonds. The maximum Gasteiger partial charge on any atom is 0.0208 e. The minimum Gasteiger partial charge on any atom is -0.326 e. The molecule has 2 heteroatoms. The van der Waals surface area contributed by atoms with E-state index in [1.807, 2.05) is 0 Å². The molecule has 0 radical (unpaired) electrons. The van der Waals surface area contributed by atoms with Crippen LogP contribution in [-0.2, 0) is 6.42 Å². The Kier molecular flexibility index (Phi) is 4.19. The lowest BCUT2D eigenvalue weighted by molar-refractivity contribution is 0.237. The highest BCUT2D eigenvalue weighted by Gasteiger charge is 2.29. The molecule has 0 bridgehead atoms. The van der Waals surface area contributed by atoms with Crippen molar-refractivity contribution in [2.75, 3.05) is 19.6 Å². The van der Waals surface area contributed by atoms with Crippen LogP contribution >= 0.6 is 0 Å². The maximum absolute atomic E-state index is 6.36. The van der Waals surface area contributed by atoms with Gasteiger partial charge >= 0.3 is 0 Å². The summed E-state index contributed by atoms with van der Waals surface area (Å²) < 4.78 is 0. The highest BCUT2D eigenvalue weighted by Crippen LogP contribution is 2.33. The molecular formula is C17H26N2. The Hall–Kier alpha value is -0.860. The van der Waals surface area contributed by atoms with Gasteiger partial charge in [-0.2, -0.15) is 0 Å². The highest BCUT2D eigenvalue weighted by atomic mass is 15.1. The minimum absolute atomic E-state index is 0.278. The molecule has 1 atom stereocenters. The van der Waals surface area contributed by atoms with Gasteiger partial charge in [0.2, 0.25) is 0 Å². The summed E-state index contributed by atoms with van der Waals surface area (Å²) in [6.45, 7) is 3.65. The highest BCUT2D eigenvalue weighted by molar-refractivity contribution is 5.15. The van der Waals surface area contributed by atoms with Gasteiger partial charge in [-0.15, -0.1) is 0 Å². The fourth-order valence-electron chi connectivity index (χ4n) is 2.87. The quantitative estimate of drug-likeness (QED) is 0.777. The van der Waals surface area contributed by atoms with E-state index in [0.717, 1.165) is 24.8 Å². The van der Waals surface area contributed by atoms with Gasteiger partial charge in [-0.3, -0.25) is 0 Å². The number of nitrogens with two attached hydrogens (primary N) is 1. The van der Waals surface area contributed by atoms with E-state index in [0.29, 0.717) is 0 Å². The van der Waals surface area contributed by atoms with Gasteiger partial charge in [0.25, 0.3) is 0 Å². The molecule has 19 heavy (non-hydrogen) atoms. The van der Waals surface area contributed by atoms with E-state index in [2.05, 4.69) is 35.2 Å². The van der Waals surface area contributed by atoms with E-state index in [4.69, 9.17) is 5.73 Å². The Morgan fingerprint density at radius 2 is 1.58 bits per heavy atom. The molecule has 2 saturated carbocycles. The van der Waals surface area contributed by atoms with Crippen LogP contribution in [0, 0.1) is 11.8 Å². The van der Waals surface area contributed by atoms with Crippen LogP contribution in [0.3, 0.4) is 0 Å². The van der Waals surface area contributed by atoms with Crippen molar-refractivity contribution in [3.63, 3.8) is 0 Å². The zero-order chi connectivity index (χ0) is 13.1. The van der Waals surface area contributed by atoms with Crippen LogP contribution in [0.2, 0.25) is 0 Å². The lowest BCUT2D eigenvalue weighted by atomic mass is 10.1. The van der Waals surface area contributed by atoms with Crippen molar-refractivity contribution in [2.24, 2.45) is 17.6 Å². The number of benzene rings is 1. The Morgan fingerprint density at radius 1 is 1.00 bits per heavy atom. The smallest absolute Gasteiger partial charge is 0.0208 e. The largest absolute Gasteiger partial charge is 0.326 e. The van der Waals surface area contributed by atoms with Crippen molar-refractivity contribution in [1.29, 1.82) is 0 Å². The van der Waals surface area contributed by atoms with E-state index in [1.54, 1.807) is 0 Å². The van der Waals surface area contributed by atoms with Crippen molar-refractivity contribution >= 4 is 0 Å². The van der Waals surface area contributed by atoms with Gasteiger partial charge in [0, 0.05) is 25.7 Å². The third-order valence-electron chi connectivity index (χ3n) is 4.26. The molecule has 0 spiro atoms. The molecule has 1 aromatic rings. The molecule has 0 aliphatic heterocycles. The average molecular weight is 258 g/mol. The zero-order valence-corrected chi connectivity index (χ0v) is 11.8. The van der Waals surface area contributed by atoms with Crippen LogP contribution in [0.25, 0.3) is 0 Å². The van der Waals surface area contributed by atoms with E-state index in [-0.39, 0.29) is 6.04 Å². The molecule has 2 nitrogen and oxygen atoms in total. The van der Waals surface area contributed by atoms with Gasteiger partial charge in [0.05, 0.1) is 0 Å². The van der Waals surface area contributed by atoms with E-state index in [9.17, 15) is 0 Å². The second-order valence-electron chi connectivity index (χ2n) is 6.56. The minimum atomic E-state index is 0.278. The summed E-state index contributed by atoms with van der Waals surface area (Å²) >= 11 is 0. The predicted molar refractivity (Wildman–Crippen MR) is 80.0 cm³/mol. The number of hydrogen-bond donors (Lipinski definition) is 1. The summed E-state index contributed by atoms with van der Waals surface area (Å²) in [6, 6.07) is 10.9. The van der Waals surface area contributed by atoms with Crippen molar-refractivity contribution in [3.05, 3.63) is 35.9 Å². The van der Waals surface area contributed by atoms with E-state index >= 15 is 0 Å². The first-order chi connectivity index (χ1) is 9.29. The van der Waals surface area contributed by atoms with Crippen LogP contribution in [0.5, 0.6) is 0 Å². The standard InChI is InChI=1S/C17H26N2/c18-17(10-14-4-2-1-3-5-14)13-19(11-15-6-7-15)12-16-8-9-16/h1-5,15-17H,6-13,18H2. The van der Waals surface area contributed by atoms with Crippen molar-refractivity contribution in [2.45, 2.75) is 38.1 Å². The first-order valence-electron chi connectivity index (χ1n) is 7.81. The van der Waals surface area contributed by atoms with Crippen LogP contribution in [0.4, 0.5) is 0 Å². The van der Waals surface area contributed by atoms with Gasteiger partial charge in [-0.1, -0.05) is 30.3 Å². The molecule has 104 valence electrons. The lowest BCUT2D eigenvalue weighted by Crippen LogP contribution is -2.40. The molecule has 0 saturated heterocycles. The molecule has 2 aliphatic carbocycles. The molecule has 2 aliphatic rings. The number of rotatable bonds is 8. The second kappa shape index (κ2) is 6.06. The monoisotopic (exact) mass is 258 g/mol. The summed E-state index contributed by atoms with van der Waals surface area (Å²) in [5.74, 6) is 1.95. The van der Waals surface area contributed by atoms with Crippen molar-refractivity contribution < 1.29 is 0 Å².